The van der Waals surface area contributed by atoms with Gasteiger partial charge in [-0.15, -0.1) is 0 Å². The Labute approximate surface area is 198 Å². The molecule has 3 N–H and O–H groups in total. The lowest BCUT2D eigenvalue weighted by Gasteiger charge is -2.34. The van der Waals surface area contributed by atoms with Crippen molar-refractivity contribution in [1.29, 1.82) is 0 Å². The summed E-state index contributed by atoms with van der Waals surface area (Å²) >= 11 is 6.95. The number of aromatic nitrogens is 1. The number of nitrogens with one attached hydrogen (secondary N) is 1. The van der Waals surface area contributed by atoms with Crippen LogP contribution >= 0.6 is 23.4 Å². The number of aliphatic imine (C=N–C) groups is 1. The molecule has 4 rings (SSSR count). The Morgan fingerprint density at radius 3 is 2.58 bits per heavy atom. The molecule has 1 fully saturated rings. The Bertz CT molecular complexity index is 1190. The zero-order chi connectivity index (χ0) is 24.3. The minimum atomic E-state index is -1.31. The molecule has 0 spiro atoms. The Morgan fingerprint density at radius 2 is 1.97 bits per heavy atom. The highest BCUT2D eigenvalue weighted by Crippen LogP contribution is 2.70. The van der Waals surface area contributed by atoms with Crippen LogP contribution in [-0.2, 0) is 10.3 Å². The molecule has 1 aromatic carbocycles. The average molecular weight is 494 g/mol. The maximum atomic E-state index is 15.1. The number of amides is 2. The van der Waals surface area contributed by atoms with Crippen molar-refractivity contribution in [3.8, 4) is 0 Å². The molecule has 174 valence electrons. The average Bonchev–Trinajstić information content (AvgIpc) is 3.35. The first-order valence-corrected chi connectivity index (χ1v) is 11.3. The van der Waals surface area contributed by atoms with Crippen LogP contribution in [0, 0.1) is 23.5 Å². The normalized spacial score (nSPS) is 27.9. The highest BCUT2D eigenvalue weighted by atomic mass is 35.5. The number of carbonyl (C=O) groups excluding carboxylic acids is 2. The summed E-state index contributed by atoms with van der Waals surface area (Å²) in [6.45, 7) is 3.51. The van der Waals surface area contributed by atoms with Gasteiger partial charge < -0.3 is 16.0 Å². The molecule has 2 aliphatic rings. The van der Waals surface area contributed by atoms with E-state index >= 15 is 4.39 Å². The fraction of sp³-hybridized carbons (Fsp3) is 0.364. The van der Waals surface area contributed by atoms with Gasteiger partial charge >= 0.3 is 0 Å². The lowest BCUT2D eigenvalue weighted by atomic mass is 9.84. The summed E-state index contributed by atoms with van der Waals surface area (Å²) in [7, 11) is 3.28. The van der Waals surface area contributed by atoms with E-state index in [1.54, 1.807) is 21.0 Å². The van der Waals surface area contributed by atoms with Crippen LogP contribution in [-0.4, -0.2) is 45.7 Å². The van der Waals surface area contributed by atoms with Crippen molar-refractivity contribution in [2.75, 3.05) is 19.4 Å². The van der Waals surface area contributed by atoms with E-state index in [-0.39, 0.29) is 33.9 Å². The zero-order valence-corrected chi connectivity index (χ0v) is 19.9. The number of hydrogen-bond acceptors (Lipinski definition) is 6. The van der Waals surface area contributed by atoms with E-state index in [1.807, 2.05) is 6.92 Å². The molecule has 0 bridgehead atoms. The van der Waals surface area contributed by atoms with Gasteiger partial charge in [0.15, 0.2) is 16.8 Å². The van der Waals surface area contributed by atoms with Crippen LogP contribution in [0.4, 0.5) is 14.5 Å². The van der Waals surface area contributed by atoms with Crippen LogP contribution in [0.3, 0.4) is 0 Å². The number of benzene rings is 1. The maximum Gasteiger partial charge on any atom is 0.274 e. The number of amidine groups is 1. The molecular weight excluding hydrogens is 472 g/mol. The number of fused-ring (bicyclic) bond motifs is 1. The number of hydrogen-bond donors (Lipinski definition) is 2. The molecule has 4 atom stereocenters. The topological polar surface area (TPSA) is 101 Å². The predicted molar refractivity (Wildman–Crippen MR) is 124 cm³/mol. The summed E-state index contributed by atoms with van der Waals surface area (Å²) in [5, 5.41) is 3.01. The maximum absolute atomic E-state index is 15.1. The van der Waals surface area contributed by atoms with Crippen LogP contribution in [0.2, 0.25) is 5.02 Å². The monoisotopic (exact) mass is 493 g/mol. The highest BCUT2D eigenvalue weighted by molar-refractivity contribution is 8.15. The van der Waals surface area contributed by atoms with Crippen molar-refractivity contribution in [2.45, 2.75) is 24.1 Å². The second-order valence-electron chi connectivity index (χ2n) is 8.59. The summed E-state index contributed by atoms with van der Waals surface area (Å²) in [6, 6.07) is 5.12. The zero-order valence-electron chi connectivity index (χ0n) is 18.3. The van der Waals surface area contributed by atoms with Gasteiger partial charge in [-0.1, -0.05) is 30.3 Å². The molecule has 1 saturated carbocycles. The van der Waals surface area contributed by atoms with Crippen molar-refractivity contribution in [1.82, 2.24) is 9.88 Å². The Morgan fingerprint density at radius 1 is 1.27 bits per heavy atom. The van der Waals surface area contributed by atoms with E-state index in [4.69, 9.17) is 17.3 Å². The van der Waals surface area contributed by atoms with Gasteiger partial charge in [-0.3, -0.25) is 14.6 Å². The lowest BCUT2D eigenvalue weighted by molar-refractivity contribution is -0.129. The van der Waals surface area contributed by atoms with Crippen LogP contribution in [0.25, 0.3) is 0 Å². The quantitative estimate of drug-likeness (QED) is 0.677. The molecule has 2 amide bonds. The highest BCUT2D eigenvalue weighted by Gasteiger charge is 2.76. The third-order valence-corrected chi connectivity index (χ3v) is 7.94. The standard InChI is InChI=1S/C22H22ClF2N5O2S/c1-10-17-21(2,29-20(26)33-22(10,17)19(32)30(3)4)13-7-12(8-14(24)16(13)25)28-18(31)15-6-5-11(23)9-27-15/h5-10,17H,1-4H3,(H2,26,29)(H,28,31)/t10?,17?,21-,22+/m1/s1. The predicted octanol–water partition coefficient (Wildman–Crippen LogP) is 3.64. The number of pyridine rings is 1. The first-order valence-electron chi connectivity index (χ1n) is 10.1. The molecule has 2 unspecified atom stereocenters. The van der Waals surface area contributed by atoms with Gasteiger partial charge in [0.2, 0.25) is 5.91 Å². The van der Waals surface area contributed by atoms with E-state index in [2.05, 4.69) is 15.3 Å². The SMILES string of the molecule is CC1C2[C@@]1(C(=O)N(C)C)SC(N)=N[C@]2(C)c1cc(NC(=O)c2ccc(Cl)cn2)cc(F)c1F. The number of anilines is 1. The van der Waals surface area contributed by atoms with E-state index in [1.165, 1.54) is 29.3 Å². The van der Waals surface area contributed by atoms with Gasteiger partial charge in [0.25, 0.3) is 5.91 Å². The second kappa shape index (κ2) is 7.95. The molecule has 1 aromatic heterocycles. The van der Waals surface area contributed by atoms with Gasteiger partial charge in [0, 0.05) is 43.5 Å². The van der Waals surface area contributed by atoms with Gasteiger partial charge in [-0.2, -0.15) is 0 Å². The van der Waals surface area contributed by atoms with Gasteiger partial charge in [0.1, 0.15) is 10.4 Å². The molecule has 7 nitrogen and oxygen atoms in total. The van der Waals surface area contributed by atoms with Crippen LogP contribution in [0.5, 0.6) is 0 Å². The third kappa shape index (κ3) is 3.65. The molecule has 11 heteroatoms. The second-order valence-corrected chi connectivity index (χ2v) is 10.3. The molecule has 33 heavy (non-hydrogen) atoms. The fourth-order valence-corrected chi connectivity index (χ4v) is 6.55. The number of nitrogens with zero attached hydrogens (tertiary/aromatic N) is 3. The van der Waals surface area contributed by atoms with Gasteiger partial charge in [-0.25, -0.2) is 13.8 Å². The lowest BCUT2D eigenvalue weighted by Crippen LogP contribution is -2.44. The van der Waals surface area contributed by atoms with Crippen LogP contribution < -0.4 is 11.1 Å². The largest absolute Gasteiger partial charge is 0.378 e. The van der Waals surface area contributed by atoms with Gasteiger partial charge in [-0.05, 0) is 31.0 Å². The number of carbonyl (C=O) groups is 2. The number of rotatable bonds is 4. The minimum Gasteiger partial charge on any atom is -0.378 e. The van der Waals surface area contributed by atoms with Crippen LogP contribution in [0.1, 0.15) is 29.9 Å². The summed E-state index contributed by atoms with van der Waals surface area (Å²) < 4.78 is 28.9. The Balaban J connectivity index is 1.75. The van der Waals surface area contributed by atoms with Crippen molar-refractivity contribution >= 4 is 46.0 Å². The summed E-state index contributed by atoms with van der Waals surface area (Å²) in [6.07, 6.45) is 1.31. The minimum absolute atomic E-state index is 0.0247. The van der Waals surface area contributed by atoms with Crippen molar-refractivity contribution in [3.63, 3.8) is 0 Å². The van der Waals surface area contributed by atoms with E-state index in [9.17, 15) is 14.0 Å². The number of thioether (sulfide) groups is 1. The summed E-state index contributed by atoms with van der Waals surface area (Å²) in [5.41, 5.74) is 4.76. The fourth-order valence-electron chi connectivity index (χ4n) is 4.77. The number of halogens is 3. The molecule has 2 aromatic rings. The van der Waals surface area contributed by atoms with Crippen molar-refractivity contribution in [2.24, 2.45) is 22.6 Å². The third-order valence-electron chi connectivity index (χ3n) is 6.28. The molecule has 0 saturated heterocycles. The smallest absolute Gasteiger partial charge is 0.274 e. The summed E-state index contributed by atoms with van der Waals surface area (Å²) in [4.78, 5) is 35.5. The first kappa shape index (κ1) is 23.4. The van der Waals surface area contributed by atoms with E-state index in [0.29, 0.717) is 5.02 Å². The Hall–Kier alpha value is -2.72. The number of nitrogens with two attached hydrogens (primary N) is 1. The molecule has 1 aliphatic heterocycles. The van der Waals surface area contributed by atoms with E-state index in [0.717, 1.165) is 17.8 Å². The van der Waals surface area contributed by atoms with Crippen molar-refractivity contribution in [3.05, 3.63) is 58.4 Å². The molecule has 1 aliphatic carbocycles. The Kier molecular flexibility index (Phi) is 5.65. The first-order chi connectivity index (χ1) is 15.4. The molecule has 0 radical (unpaired) electrons. The van der Waals surface area contributed by atoms with Gasteiger partial charge in [0.05, 0.1) is 10.6 Å². The summed E-state index contributed by atoms with van der Waals surface area (Å²) in [5.74, 6) is -3.64. The molecule has 2 heterocycles. The van der Waals surface area contributed by atoms with E-state index < -0.39 is 33.7 Å². The van der Waals surface area contributed by atoms with Crippen molar-refractivity contribution < 1.29 is 18.4 Å². The molecular formula is C22H22ClF2N5O2S. The van der Waals surface area contributed by atoms with Crippen LogP contribution in [0.15, 0.2) is 35.5 Å².